The molecule has 0 spiro atoms. The summed E-state index contributed by atoms with van der Waals surface area (Å²) in [6, 6.07) is 26.6. The predicted octanol–water partition coefficient (Wildman–Crippen LogP) is 4.36. The lowest BCUT2D eigenvalue weighted by atomic mass is 10.0. The number of nitrogens with one attached hydrogen (secondary N) is 1. The first-order chi connectivity index (χ1) is 13.8. The number of hydrogen-bond acceptors (Lipinski definition) is 6. The van der Waals surface area contributed by atoms with Crippen molar-refractivity contribution >= 4 is 12.2 Å². The van der Waals surface area contributed by atoms with Gasteiger partial charge >= 0.3 is 0 Å². The molecular formula is C22H17N5O. The van der Waals surface area contributed by atoms with Gasteiger partial charge in [0.2, 0.25) is 0 Å². The summed E-state index contributed by atoms with van der Waals surface area (Å²) >= 11 is 0. The molecule has 6 heteroatoms. The topological polar surface area (TPSA) is 83.3 Å². The normalized spacial score (nSPS) is 10.9. The number of para-hydroxylation sites is 1. The molecule has 28 heavy (non-hydrogen) atoms. The van der Waals surface area contributed by atoms with Crippen LogP contribution < -0.4 is 5.43 Å². The van der Waals surface area contributed by atoms with Crippen LogP contribution in [0.5, 0.6) is 5.75 Å². The highest BCUT2D eigenvalue weighted by Gasteiger charge is 2.13. The Morgan fingerprint density at radius 2 is 1.32 bits per heavy atom. The Labute approximate surface area is 162 Å². The molecule has 2 N–H and O–H groups in total. The largest absolute Gasteiger partial charge is 0.507 e. The maximum Gasteiger partial charge on any atom is 0.263 e. The molecule has 0 bridgehead atoms. The summed E-state index contributed by atoms with van der Waals surface area (Å²) in [6.07, 6.45) is 1.51. The van der Waals surface area contributed by atoms with Crippen LogP contribution in [0.1, 0.15) is 5.56 Å². The van der Waals surface area contributed by atoms with Gasteiger partial charge in [-0.2, -0.15) is 5.10 Å². The fraction of sp³-hybridized carbons (Fsp3) is 0. The van der Waals surface area contributed by atoms with Crippen LogP contribution in [0.2, 0.25) is 0 Å². The molecule has 1 heterocycles. The predicted molar refractivity (Wildman–Crippen MR) is 110 cm³/mol. The van der Waals surface area contributed by atoms with Crippen molar-refractivity contribution in [1.82, 2.24) is 15.2 Å². The number of rotatable bonds is 5. The molecule has 6 nitrogen and oxygen atoms in total. The summed E-state index contributed by atoms with van der Waals surface area (Å²) in [5.74, 6) is 0.418. The summed E-state index contributed by atoms with van der Waals surface area (Å²) in [4.78, 5) is 4.61. The van der Waals surface area contributed by atoms with E-state index in [0.29, 0.717) is 17.0 Å². The van der Waals surface area contributed by atoms with Crippen LogP contribution >= 0.6 is 0 Å². The quantitative estimate of drug-likeness (QED) is 0.404. The van der Waals surface area contributed by atoms with Crippen LogP contribution in [-0.2, 0) is 0 Å². The van der Waals surface area contributed by atoms with Gasteiger partial charge in [0, 0.05) is 16.7 Å². The molecule has 4 aromatic rings. The number of hydrogen-bond donors (Lipinski definition) is 2. The van der Waals surface area contributed by atoms with Crippen molar-refractivity contribution in [3.8, 4) is 28.3 Å². The van der Waals surface area contributed by atoms with E-state index in [0.717, 1.165) is 11.1 Å². The molecule has 0 radical (unpaired) electrons. The number of hydrazone groups is 1. The number of aromatic hydroxyl groups is 1. The third kappa shape index (κ3) is 3.86. The summed E-state index contributed by atoms with van der Waals surface area (Å²) < 4.78 is 0. The zero-order valence-corrected chi connectivity index (χ0v) is 14.9. The van der Waals surface area contributed by atoms with E-state index in [1.807, 2.05) is 66.7 Å². The first-order valence-electron chi connectivity index (χ1n) is 8.74. The van der Waals surface area contributed by atoms with E-state index in [4.69, 9.17) is 0 Å². The first-order valence-corrected chi connectivity index (χ1v) is 8.74. The molecule has 0 fully saturated rings. The lowest BCUT2D eigenvalue weighted by Gasteiger charge is -2.09. The second-order valence-electron chi connectivity index (χ2n) is 5.99. The van der Waals surface area contributed by atoms with E-state index >= 15 is 0 Å². The van der Waals surface area contributed by atoms with E-state index in [1.54, 1.807) is 18.2 Å². The zero-order chi connectivity index (χ0) is 19.2. The van der Waals surface area contributed by atoms with Crippen LogP contribution in [0.3, 0.4) is 0 Å². The average molecular weight is 367 g/mol. The first kappa shape index (κ1) is 17.4. The van der Waals surface area contributed by atoms with Crippen molar-refractivity contribution in [1.29, 1.82) is 0 Å². The number of phenols is 1. The van der Waals surface area contributed by atoms with Crippen molar-refractivity contribution in [2.45, 2.75) is 0 Å². The smallest absolute Gasteiger partial charge is 0.263 e. The van der Waals surface area contributed by atoms with Crippen LogP contribution in [-0.4, -0.2) is 26.5 Å². The van der Waals surface area contributed by atoms with Gasteiger partial charge in [-0.15, -0.1) is 10.2 Å². The van der Waals surface area contributed by atoms with Crippen molar-refractivity contribution in [3.05, 3.63) is 90.5 Å². The maximum atomic E-state index is 9.80. The number of benzene rings is 3. The Morgan fingerprint density at radius 3 is 2.00 bits per heavy atom. The molecule has 0 unspecified atom stereocenters. The molecular weight excluding hydrogens is 350 g/mol. The molecule has 0 aliphatic carbocycles. The lowest BCUT2D eigenvalue weighted by Crippen LogP contribution is -2.03. The summed E-state index contributed by atoms with van der Waals surface area (Å²) in [6.45, 7) is 0. The van der Waals surface area contributed by atoms with E-state index in [2.05, 4.69) is 25.7 Å². The Balaban J connectivity index is 1.68. The lowest BCUT2D eigenvalue weighted by molar-refractivity contribution is 0.474. The molecule has 1 aromatic heterocycles. The van der Waals surface area contributed by atoms with Gasteiger partial charge in [-0.05, 0) is 12.1 Å². The van der Waals surface area contributed by atoms with Crippen molar-refractivity contribution in [2.75, 3.05) is 5.43 Å². The van der Waals surface area contributed by atoms with Crippen molar-refractivity contribution < 1.29 is 5.11 Å². The molecule has 0 aliphatic heterocycles. The Morgan fingerprint density at radius 1 is 0.714 bits per heavy atom. The minimum atomic E-state index is 0.150. The van der Waals surface area contributed by atoms with Gasteiger partial charge in [-0.3, -0.25) is 0 Å². The van der Waals surface area contributed by atoms with Crippen LogP contribution in [0.15, 0.2) is 90.0 Å². The molecule has 4 rings (SSSR count). The van der Waals surface area contributed by atoms with Gasteiger partial charge in [0.15, 0.2) is 0 Å². The van der Waals surface area contributed by atoms with Crippen LogP contribution in [0.4, 0.5) is 5.95 Å². The van der Waals surface area contributed by atoms with Gasteiger partial charge in [-0.25, -0.2) is 10.4 Å². The van der Waals surface area contributed by atoms with E-state index in [-0.39, 0.29) is 11.7 Å². The number of anilines is 1. The minimum Gasteiger partial charge on any atom is -0.507 e. The highest BCUT2D eigenvalue weighted by molar-refractivity contribution is 5.83. The second-order valence-corrected chi connectivity index (χ2v) is 5.99. The fourth-order valence-corrected chi connectivity index (χ4v) is 2.72. The summed E-state index contributed by atoms with van der Waals surface area (Å²) in [5.41, 5.74) is 6.65. The standard InChI is InChI=1S/C22H17N5O/c28-19-14-8-7-13-18(19)15-23-26-22-24-20(16-9-3-1-4-10-16)21(25-27-22)17-11-5-2-6-12-17/h1-15,28H,(H,24,26,27). The molecule has 0 saturated heterocycles. The summed E-state index contributed by atoms with van der Waals surface area (Å²) in [7, 11) is 0. The molecule has 0 amide bonds. The van der Waals surface area contributed by atoms with E-state index in [1.165, 1.54) is 6.21 Å². The maximum absolute atomic E-state index is 9.80. The molecule has 0 atom stereocenters. The molecule has 0 saturated carbocycles. The minimum absolute atomic E-state index is 0.150. The van der Waals surface area contributed by atoms with Gasteiger partial charge in [0.25, 0.3) is 5.95 Å². The Hall–Kier alpha value is -4.06. The molecule has 3 aromatic carbocycles. The van der Waals surface area contributed by atoms with Crippen LogP contribution in [0.25, 0.3) is 22.5 Å². The Bertz CT molecular complexity index is 1100. The number of phenolic OH excluding ortho intramolecular Hbond substituents is 1. The average Bonchev–Trinajstić information content (AvgIpc) is 2.76. The molecule has 136 valence electrons. The number of nitrogens with zero attached hydrogens (tertiary/aromatic N) is 4. The third-order valence-electron chi connectivity index (χ3n) is 4.09. The second kappa shape index (κ2) is 8.09. The highest BCUT2D eigenvalue weighted by atomic mass is 16.3. The highest BCUT2D eigenvalue weighted by Crippen LogP contribution is 2.28. The monoisotopic (exact) mass is 367 g/mol. The molecule has 0 aliphatic rings. The third-order valence-corrected chi connectivity index (χ3v) is 4.09. The summed E-state index contributed by atoms with van der Waals surface area (Å²) in [5, 5.41) is 22.4. The van der Waals surface area contributed by atoms with Crippen molar-refractivity contribution in [3.63, 3.8) is 0 Å². The van der Waals surface area contributed by atoms with Gasteiger partial charge in [-0.1, -0.05) is 72.8 Å². The fourth-order valence-electron chi connectivity index (χ4n) is 2.72. The zero-order valence-electron chi connectivity index (χ0n) is 14.9. The van der Waals surface area contributed by atoms with E-state index < -0.39 is 0 Å². The SMILES string of the molecule is Oc1ccccc1C=NNc1nnc(-c2ccccc2)c(-c2ccccc2)n1. The van der Waals surface area contributed by atoms with E-state index in [9.17, 15) is 5.11 Å². The van der Waals surface area contributed by atoms with Gasteiger partial charge in [0.1, 0.15) is 17.1 Å². The van der Waals surface area contributed by atoms with Crippen molar-refractivity contribution in [2.24, 2.45) is 5.10 Å². The Kier molecular flexibility index (Phi) is 5.02. The van der Waals surface area contributed by atoms with Gasteiger partial charge in [0.05, 0.1) is 6.21 Å². The van der Waals surface area contributed by atoms with Gasteiger partial charge < -0.3 is 5.11 Å². The van der Waals surface area contributed by atoms with Crippen LogP contribution in [0, 0.1) is 0 Å². The number of aromatic nitrogens is 3.